The number of ether oxygens (including phenoxy) is 1. The number of amides is 1. The fraction of sp³-hybridized carbons (Fsp3) is 0.375. The van der Waals surface area contributed by atoms with E-state index in [-0.39, 0.29) is 5.91 Å². The minimum absolute atomic E-state index is 0.236. The minimum atomic E-state index is 0.236. The third kappa shape index (κ3) is 4.28. The summed E-state index contributed by atoms with van der Waals surface area (Å²) in [6.07, 6.45) is 4.62. The van der Waals surface area contributed by atoms with Crippen LogP contribution in [0.25, 0.3) is 10.9 Å². The van der Waals surface area contributed by atoms with Crippen molar-refractivity contribution in [3.05, 3.63) is 71.9 Å². The molecule has 2 aromatic carbocycles. The quantitative estimate of drug-likeness (QED) is 0.647. The van der Waals surface area contributed by atoms with E-state index in [9.17, 15) is 4.79 Å². The Hall–Kier alpha value is -2.59. The van der Waals surface area contributed by atoms with Gasteiger partial charge in [-0.15, -0.1) is 0 Å². The van der Waals surface area contributed by atoms with Gasteiger partial charge in [-0.3, -0.25) is 4.79 Å². The Bertz CT molecular complexity index is 924. The molecule has 0 N–H and O–H groups in total. The number of carbonyl (C=O) groups is 1. The molecule has 2 heterocycles. The topological polar surface area (TPSA) is 34.5 Å². The number of para-hydroxylation sites is 1. The average Bonchev–Trinajstić information content (AvgIpc) is 3.05. The van der Waals surface area contributed by atoms with Gasteiger partial charge in [0, 0.05) is 43.8 Å². The van der Waals surface area contributed by atoms with Crippen molar-refractivity contribution < 1.29 is 9.53 Å². The van der Waals surface area contributed by atoms with E-state index in [0.29, 0.717) is 18.9 Å². The fourth-order valence-corrected chi connectivity index (χ4v) is 4.11. The molecule has 4 nitrogen and oxygen atoms in total. The molecule has 0 aliphatic carbocycles. The monoisotopic (exact) mass is 376 g/mol. The molecule has 3 aromatic rings. The van der Waals surface area contributed by atoms with Crippen LogP contribution in [0, 0.1) is 5.92 Å². The van der Waals surface area contributed by atoms with E-state index in [1.807, 2.05) is 42.3 Å². The first-order valence-electron chi connectivity index (χ1n) is 10.1. The Kier molecular flexibility index (Phi) is 5.77. The summed E-state index contributed by atoms with van der Waals surface area (Å²) < 4.78 is 8.00. The smallest absolute Gasteiger partial charge is 0.227 e. The predicted molar refractivity (Wildman–Crippen MR) is 112 cm³/mol. The number of hydrogen-bond donors (Lipinski definition) is 0. The largest absolute Gasteiger partial charge is 0.376 e. The molecule has 0 radical (unpaired) electrons. The van der Waals surface area contributed by atoms with Gasteiger partial charge in [0.25, 0.3) is 0 Å². The van der Waals surface area contributed by atoms with Gasteiger partial charge in [-0.1, -0.05) is 48.5 Å². The SMILES string of the molecule is Cn1cc(CC(=O)N2CCC(COCc3ccccc3)CC2)c2ccccc21. The zero-order valence-corrected chi connectivity index (χ0v) is 16.5. The Labute approximate surface area is 166 Å². The van der Waals surface area contributed by atoms with Gasteiger partial charge in [0.1, 0.15) is 0 Å². The molecule has 1 aromatic heterocycles. The highest BCUT2D eigenvalue weighted by Gasteiger charge is 2.23. The second kappa shape index (κ2) is 8.61. The number of aryl methyl sites for hydroxylation is 1. The summed E-state index contributed by atoms with van der Waals surface area (Å²) in [5, 5.41) is 1.18. The minimum Gasteiger partial charge on any atom is -0.376 e. The molecule has 0 unspecified atom stereocenters. The Balaban J connectivity index is 1.26. The first kappa shape index (κ1) is 18.8. The third-order valence-corrected chi connectivity index (χ3v) is 5.75. The summed E-state index contributed by atoms with van der Waals surface area (Å²) in [6.45, 7) is 3.12. The van der Waals surface area contributed by atoms with Crippen LogP contribution in [0.1, 0.15) is 24.0 Å². The molecule has 1 amide bonds. The van der Waals surface area contributed by atoms with Gasteiger partial charge in [-0.25, -0.2) is 0 Å². The van der Waals surface area contributed by atoms with Crippen LogP contribution in [-0.2, 0) is 29.6 Å². The van der Waals surface area contributed by atoms with E-state index < -0.39 is 0 Å². The molecule has 0 saturated carbocycles. The number of hydrogen-bond acceptors (Lipinski definition) is 2. The zero-order chi connectivity index (χ0) is 19.3. The number of benzene rings is 2. The van der Waals surface area contributed by atoms with Crippen molar-refractivity contribution in [2.24, 2.45) is 13.0 Å². The number of rotatable bonds is 6. The maximum absolute atomic E-state index is 12.8. The van der Waals surface area contributed by atoms with Gasteiger partial charge in [-0.05, 0) is 36.0 Å². The maximum atomic E-state index is 12.8. The van der Waals surface area contributed by atoms with Gasteiger partial charge < -0.3 is 14.2 Å². The van der Waals surface area contributed by atoms with Crippen molar-refractivity contribution in [2.45, 2.75) is 25.9 Å². The van der Waals surface area contributed by atoms with E-state index in [4.69, 9.17) is 4.74 Å². The van der Waals surface area contributed by atoms with Crippen LogP contribution >= 0.6 is 0 Å². The highest BCUT2D eigenvalue weighted by Crippen LogP contribution is 2.23. The van der Waals surface area contributed by atoms with E-state index in [1.165, 1.54) is 16.5 Å². The number of aromatic nitrogens is 1. The van der Waals surface area contributed by atoms with Crippen molar-refractivity contribution in [1.82, 2.24) is 9.47 Å². The number of piperidine rings is 1. The molecule has 28 heavy (non-hydrogen) atoms. The van der Waals surface area contributed by atoms with E-state index in [1.54, 1.807) is 0 Å². The van der Waals surface area contributed by atoms with Crippen LogP contribution in [0.3, 0.4) is 0 Å². The first-order valence-corrected chi connectivity index (χ1v) is 10.1. The second-order valence-corrected chi connectivity index (χ2v) is 7.78. The molecule has 1 aliphatic heterocycles. The van der Waals surface area contributed by atoms with Gasteiger partial charge >= 0.3 is 0 Å². The average molecular weight is 377 g/mol. The number of nitrogens with zero attached hydrogens (tertiary/aromatic N) is 2. The van der Waals surface area contributed by atoms with Crippen LogP contribution in [0.5, 0.6) is 0 Å². The van der Waals surface area contributed by atoms with E-state index in [2.05, 4.69) is 35.0 Å². The summed E-state index contributed by atoms with van der Waals surface area (Å²) in [7, 11) is 2.04. The molecule has 0 bridgehead atoms. The summed E-state index contributed by atoms with van der Waals surface area (Å²) >= 11 is 0. The number of likely N-dealkylation sites (tertiary alicyclic amines) is 1. The summed E-state index contributed by atoms with van der Waals surface area (Å²) in [5.74, 6) is 0.783. The van der Waals surface area contributed by atoms with Crippen LogP contribution in [0.15, 0.2) is 60.8 Å². The standard InChI is InChI=1S/C24H28N2O2/c1-25-16-21(22-9-5-6-10-23(22)25)15-24(27)26-13-11-20(12-14-26)18-28-17-19-7-3-2-4-8-19/h2-10,16,20H,11-15,17-18H2,1H3. The van der Waals surface area contributed by atoms with E-state index >= 15 is 0 Å². The summed E-state index contributed by atoms with van der Waals surface area (Å²) in [6, 6.07) is 18.6. The van der Waals surface area contributed by atoms with Crippen LogP contribution < -0.4 is 0 Å². The van der Waals surface area contributed by atoms with Crippen LogP contribution in [0.4, 0.5) is 0 Å². The molecule has 146 valence electrons. The zero-order valence-electron chi connectivity index (χ0n) is 16.5. The lowest BCUT2D eigenvalue weighted by Crippen LogP contribution is -2.40. The third-order valence-electron chi connectivity index (χ3n) is 5.75. The lowest BCUT2D eigenvalue weighted by Gasteiger charge is -2.32. The van der Waals surface area contributed by atoms with Crippen molar-refractivity contribution in [2.75, 3.05) is 19.7 Å². The molecular formula is C24H28N2O2. The maximum Gasteiger partial charge on any atom is 0.227 e. The molecule has 0 atom stereocenters. The van der Waals surface area contributed by atoms with Crippen LogP contribution in [-0.4, -0.2) is 35.1 Å². The number of fused-ring (bicyclic) bond motifs is 1. The summed E-state index contributed by atoms with van der Waals surface area (Å²) in [4.78, 5) is 14.8. The predicted octanol–water partition coefficient (Wildman–Crippen LogP) is 4.18. The van der Waals surface area contributed by atoms with Gasteiger partial charge in [0.05, 0.1) is 13.0 Å². The Morgan fingerprint density at radius 1 is 1.04 bits per heavy atom. The Morgan fingerprint density at radius 3 is 2.54 bits per heavy atom. The highest BCUT2D eigenvalue weighted by atomic mass is 16.5. The molecule has 4 rings (SSSR count). The molecule has 0 spiro atoms. The van der Waals surface area contributed by atoms with Gasteiger partial charge in [0.15, 0.2) is 0 Å². The summed E-state index contributed by atoms with van der Waals surface area (Å²) in [5.41, 5.74) is 3.51. The van der Waals surface area contributed by atoms with Crippen LogP contribution in [0.2, 0.25) is 0 Å². The van der Waals surface area contributed by atoms with Gasteiger partial charge in [-0.2, -0.15) is 0 Å². The second-order valence-electron chi connectivity index (χ2n) is 7.78. The lowest BCUT2D eigenvalue weighted by molar-refractivity contribution is -0.132. The van der Waals surface area contributed by atoms with Crippen molar-refractivity contribution in [1.29, 1.82) is 0 Å². The molecule has 1 saturated heterocycles. The molecule has 1 fully saturated rings. The van der Waals surface area contributed by atoms with E-state index in [0.717, 1.165) is 38.1 Å². The fourth-order valence-electron chi connectivity index (χ4n) is 4.11. The normalized spacial score (nSPS) is 15.2. The highest BCUT2D eigenvalue weighted by molar-refractivity contribution is 5.89. The van der Waals surface area contributed by atoms with Gasteiger partial charge in [0.2, 0.25) is 5.91 Å². The van der Waals surface area contributed by atoms with Crippen molar-refractivity contribution >= 4 is 16.8 Å². The molecular weight excluding hydrogens is 348 g/mol. The molecule has 1 aliphatic rings. The Morgan fingerprint density at radius 2 is 1.75 bits per heavy atom. The molecule has 4 heteroatoms. The van der Waals surface area contributed by atoms with Crippen molar-refractivity contribution in [3.63, 3.8) is 0 Å². The first-order chi connectivity index (χ1) is 13.7. The lowest BCUT2D eigenvalue weighted by atomic mass is 9.97. The van der Waals surface area contributed by atoms with Crippen molar-refractivity contribution in [3.8, 4) is 0 Å². The number of carbonyl (C=O) groups excluding carboxylic acids is 1.